The van der Waals surface area contributed by atoms with Gasteiger partial charge in [-0.25, -0.2) is 0 Å². The van der Waals surface area contributed by atoms with Gasteiger partial charge >= 0.3 is 213 Å². The van der Waals surface area contributed by atoms with Gasteiger partial charge in [0.25, 0.3) is 0 Å². The van der Waals surface area contributed by atoms with E-state index in [-0.39, 0.29) is 24.8 Å². The van der Waals surface area contributed by atoms with E-state index < -0.39 is 26.8 Å². The van der Waals surface area contributed by atoms with E-state index in [1.807, 2.05) is 0 Å². The third-order valence-corrected chi connectivity index (χ3v) is 28.9. The molecule has 0 aromatic heterocycles. The van der Waals surface area contributed by atoms with Crippen molar-refractivity contribution in [2.45, 2.75) is 20.3 Å². The van der Waals surface area contributed by atoms with Crippen LogP contribution >= 0.6 is 0 Å². The van der Waals surface area contributed by atoms with E-state index in [4.69, 9.17) is 0 Å². The summed E-state index contributed by atoms with van der Waals surface area (Å²) < 4.78 is 1.21. The molecule has 2 unspecified atom stereocenters. The molecule has 0 nitrogen and oxygen atoms in total. The molecular formula is C32H29Cl2SiZr. The van der Waals surface area contributed by atoms with Crippen LogP contribution in [0.3, 0.4) is 0 Å². The maximum absolute atomic E-state index is 2.64. The minimum Gasteiger partial charge on any atom is -1.00 e. The van der Waals surface area contributed by atoms with Crippen molar-refractivity contribution < 1.29 is 45.7 Å². The van der Waals surface area contributed by atoms with Crippen LogP contribution in [0.2, 0.25) is 13.1 Å². The van der Waals surface area contributed by atoms with Crippen LogP contribution in [-0.4, -0.2) is 5.92 Å². The van der Waals surface area contributed by atoms with Crippen molar-refractivity contribution in [3.63, 3.8) is 0 Å². The van der Waals surface area contributed by atoms with Crippen LogP contribution in [0.4, 0.5) is 0 Å². The number of rotatable bonds is 5. The maximum atomic E-state index is 2.64. The molecule has 0 aliphatic heterocycles. The zero-order valence-corrected chi connectivity index (χ0v) is 25.7. The van der Waals surface area contributed by atoms with Crippen LogP contribution in [0, 0.1) is 0 Å². The Hall–Kier alpha value is -1.96. The van der Waals surface area contributed by atoms with E-state index in [0.717, 1.165) is 0 Å². The number of benzene rings is 4. The summed E-state index contributed by atoms with van der Waals surface area (Å²) >= 11 is -2.14. The summed E-state index contributed by atoms with van der Waals surface area (Å²) in [5.74, 6) is -0.918. The molecule has 6 rings (SSSR count). The SMILES string of the molecule is C[SiH](C)[Zr+2]([CH]1C(c2ccccc2)=Cc2ccccc21)[CH]1C(c2ccccc2)=Cc2ccccc21.[Cl-].[Cl-]. The Balaban J connectivity index is 0.00000152. The second-order valence-corrected chi connectivity index (χ2v) is 29.8. The van der Waals surface area contributed by atoms with Gasteiger partial charge in [-0.2, -0.15) is 0 Å². The molecule has 0 saturated carbocycles. The van der Waals surface area contributed by atoms with E-state index in [0.29, 0.717) is 7.25 Å². The minimum absolute atomic E-state index is 0. The molecule has 0 saturated heterocycles. The average Bonchev–Trinajstić information content (AvgIpc) is 3.45. The molecule has 0 fully saturated rings. The maximum Gasteiger partial charge on any atom is -1.00 e. The quantitative estimate of drug-likeness (QED) is 0.307. The predicted molar refractivity (Wildman–Crippen MR) is 146 cm³/mol. The Bertz CT molecular complexity index is 1290. The molecule has 0 spiro atoms. The molecule has 4 aromatic carbocycles. The molecule has 36 heavy (non-hydrogen) atoms. The number of fused-ring (bicyclic) bond motifs is 2. The summed E-state index contributed by atoms with van der Waals surface area (Å²) in [4.78, 5) is 0. The van der Waals surface area contributed by atoms with Gasteiger partial charge in [0, 0.05) is 0 Å². The first-order chi connectivity index (χ1) is 16.7. The summed E-state index contributed by atoms with van der Waals surface area (Å²) in [6, 6.07) is 40.8. The average molecular weight is 604 g/mol. The first kappa shape index (κ1) is 27.1. The standard InChI is InChI=1S/2C15H11.C2H7Si.2ClH.Zr/c2*1-2-6-12(7-3-1)15-10-13-8-4-5-9-14(13)11-15;1-3-2;;;/h2*1-11H;3H,1-2H3;2*1H;/q;;;;;+2/p-2. The third-order valence-electron chi connectivity index (χ3n) is 7.41. The second kappa shape index (κ2) is 11.6. The van der Waals surface area contributed by atoms with E-state index in [9.17, 15) is 0 Å². The van der Waals surface area contributed by atoms with Crippen molar-refractivity contribution in [3.8, 4) is 0 Å². The molecule has 0 amide bonds. The molecule has 2 aliphatic rings. The van der Waals surface area contributed by atoms with E-state index in [2.05, 4.69) is 134 Å². The Morgan fingerprint density at radius 3 is 1.25 bits per heavy atom. The normalized spacial score (nSPS) is 17.3. The van der Waals surface area contributed by atoms with Gasteiger partial charge in [-0.15, -0.1) is 0 Å². The summed E-state index contributed by atoms with van der Waals surface area (Å²) in [5, 5.41) is 0. The van der Waals surface area contributed by atoms with Crippen molar-refractivity contribution in [2.75, 3.05) is 0 Å². The first-order valence-corrected chi connectivity index (χ1v) is 22.3. The Labute approximate surface area is 236 Å². The van der Waals surface area contributed by atoms with Crippen molar-refractivity contribution in [2.24, 2.45) is 0 Å². The molecule has 0 radical (unpaired) electrons. The fraction of sp³-hybridized carbons (Fsp3) is 0.125. The van der Waals surface area contributed by atoms with E-state index in [1.165, 1.54) is 22.3 Å². The van der Waals surface area contributed by atoms with Crippen LogP contribution in [-0.2, 0) is 20.9 Å². The smallest absolute Gasteiger partial charge is 1.00 e. The van der Waals surface area contributed by atoms with Gasteiger partial charge in [0.1, 0.15) is 0 Å². The molecule has 2 aliphatic carbocycles. The van der Waals surface area contributed by atoms with Crippen LogP contribution in [0.25, 0.3) is 23.3 Å². The van der Waals surface area contributed by atoms with Crippen LogP contribution in [0.5, 0.6) is 0 Å². The second-order valence-electron chi connectivity index (χ2n) is 9.71. The van der Waals surface area contributed by atoms with Crippen LogP contribution < -0.4 is 24.8 Å². The molecule has 0 heterocycles. The molecule has 179 valence electrons. The molecular weight excluding hydrogens is 575 g/mol. The van der Waals surface area contributed by atoms with Crippen molar-refractivity contribution in [1.29, 1.82) is 0 Å². The van der Waals surface area contributed by atoms with Gasteiger partial charge in [-0.05, 0) is 0 Å². The Kier molecular flexibility index (Phi) is 8.74. The van der Waals surface area contributed by atoms with E-state index >= 15 is 0 Å². The largest absolute Gasteiger partial charge is 1.00 e. The summed E-state index contributed by atoms with van der Waals surface area (Å²) in [6.45, 7) is 5.28. The fourth-order valence-electron chi connectivity index (χ4n) is 5.96. The van der Waals surface area contributed by atoms with Crippen molar-refractivity contribution >= 4 is 29.2 Å². The summed E-state index contributed by atoms with van der Waals surface area (Å²) in [7, 11) is 0. The molecule has 2 atom stereocenters. The predicted octanol–water partition coefficient (Wildman–Crippen LogP) is 2.19. The van der Waals surface area contributed by atoms with Crippen LogP contribution in [0.15, 0.2) is 109 Å². The van der Waals surface area contributed by atoms with Crippen molar-refractivity contribution in [1.82, 2.24) is 0 Å². The number of allylic oxidation sites excluding steroid dienone is 2. The number of hydrogen-bond donors (Lipinski definition) is 0. The third kappa shape index (κ3) is 4.82. The summed E-state index contributed by atoms with van der Waals surface area (Å²) in [6.07, 6.45) is 5.03. The van der Waals surface area contributed by atoms with Gasteiger partial charge < -0.3 is 24.8 Å². The van der Waals surface area contributed by atoms with Gasteiger partial charge in [0.15, 0.2) is 0 Å². The molecule has 4 aromatic rings. The fourth-order valence-corrected chi connectivity index (χ4v) is 28.2. The topological polar surface area (TPSA) is 0 Å². The Morgan fingerprint density at radius 1 is 0.500 bits per heavy atom. The summed E-state index contributed by atoms with van der Waals surface area (Å²) in [5.41, 5.74) is 12.0. The number of hydrogen-bond acceptors (Lipinski definition) is 0. The van der Waals surface area contributed by atoms with Crippen LogP contribution in [0.1, 0.15) is 40.6 Å². The Morgan fingerprint density at radius 2 is 0.861 bits per heavy atom. The zero-order valence-electron chi connectivity index (χ0n) is 20.5. The first-order valence-electron chi connectivity index (χ1n) is 12.3. The zero-order chi connectivity index (χ0) is 23.1. The van der Waals surface area contributed by atoms with Gasteiger partial charge in [0.05, 0.1) is 0 Å². The van der Waals surface area contributed by atoms with E-state index in [1.54, 1.807) is 22.3 Å². The molecule has 0 N–H and O–H groups in total. The minimum atomic E-state index is -2.14. The van der Waals surface area contributed by atoms with Crippen molar-refractivity contribution in [3.05, 3.63) is 143 Å². The molecule has 0 bridgehead atoms. The van der Waals surface area contributed by atoms with Gasteiger partial charge in [-0.3, -0.25) is 0 Å². The van der Waals surface area contributed by atoms with Gasteiger partial charge in [-0.1, -0.05) is 0 Å². The number of halogens is 2. The molecule has 4 heteroatoms. The van der Waals surface area contributed by atoms with Gasteiger partial charge in [0.2, 0.25) is 0 Å². The monoisotopic (exact) mass is 601 g/mol.